The molecule has 3 aromatic rings. The van der Waals surface area contributed by atoms with Gasteiger partial charge in [-0.25, -0.2) is 4.79 Å². The van der Waals surface area contributed by atoms with E-state index in [4.69, 9.17) is 4.74 Å². The van der Waals surface area contributed by atoms with E-state index in [9.17, 15) is 53.7 Å². The molecule has 8 N–H and O–H groups in total. The lowest BCUT2D eigenvalue weighted by Crippen LogP contribution is -2.65. The van der Waals surface area contributed by atoms with Gasteiger partial charge >= 0.3 is 11.9 Å². The van der Waals surface area contributed by atoms with Crippen LogP contribution >= 0.6 is 0 Å². The van der Waals surface area contributed by atoms with Gasteiger partial charge in [-0.2, -0.15) is 0 Å². The molecular weight excluding hydrogens is 883 g/mol. The molecule has 0 aliphatic carbocycles. The van der Waals surface area contributed by atoms with Crippen molar-refractivity contribution in [3.05, 3.63) is 102 Å². The third-order valence-corrected chi connectivity index (χ3v) is 11.8. The number of carboxylic acids is 1. The summed E-state index contributed by atoms with van der Waals surface area (Å²) in [7, 11) is 1.37. The molecule has 0 aromatic heterocycles. The van der Waals surface area contributed by atoms with Crippen molar-refractivity contribution in [2.45, 2.75) is 121 Å². The van der Waals surface area contributed by atoms with Gasteiger partial charge in [-0.05, 0) is 54.5 Å². The fourth-order valence-electron chi connectivity index (χ4n) is 8.14. The Hall–Kier alpha value is -7.35. The number of ether oxygens (including phenoxy) is 1. The highest BCUT2D eigenvalue weighted by Gasteiger charge is 2.46. The smallest absolute Gasteiger partial charge is 0.329 e. The van der Waals surface area contributed by atoms with Crippen molar-refractivity contribution in [2.24, 2.45) is 5.92 Å². The molecule has 2 aliphatic heterocycles. The van der Waals surface area contributed by atoms with E-state index in [-0.39, 0.29) is 37.9 Å². The Labute approximate surface area is 393 Å². The SMILES string of the molecule is CC(=O)NC(CC(=O)O)C(=O)NC1C(=O)NC(Cc2ccc(O)cc2)C(=O)NC2CCC(O)N(C2=O)C(Cc2ccccc2)C(=O)N(C)C(Cc2ccccc2)C(=O)NC(C(C)C)C(=O)OC1C. The topological polar surface area (TPSA) is 290 Å². The van der Waals surface area contributed by atoms with Crippen LogP contribution in [0.3, 0.4) is 0 Å². The average molecular weight is 942 g/mol. The molecule has 0 radical (unpaired) electrons. The van der Waals surface area contributed by atoms with Gasteiger partial charge in [-0.15, -0.1) is 0 Å². The standard InChI is InChI=1S/C48H59N7O13/c1-26(2)40-48(67)68-27(3)41(53-43(62)35(25-39(59)60)49-28(4)56)45(64)51-34(22-31-16-18-32(57)19-17-31)42(61)50-33-20-21-38(58)55(46(33)65)37(24-30-14-10-7-11-15-30)47(66)54(5)36(44(63)52-40)23-29-12-8-6-9-13-29/h6-19,26-27,33-38,40-41,57-58H,20-25H2,1-5H3,(H,49,56)(H,50,61)(H,51,64)(H,52,63)(H,53,62)(H,59,60). The highest BCUT2D eigenvalue weighted by molar-refractivity contribution is 5.99. The quantitative estimate of drug-likeness (QED) is 0.112. The number of rotatable bonds is 12. The van der Waals surface area contributed by atoms with Crippen LogP contribution in [-0.4, -0.2) is 140 Å². The molecule has 2 fully saturated rings. The molecule has 0 saturated carbocycles. The number of cyclic esters (lactones) is 1. The molecule has 0 spiro atoms. The van der Waals surface area contributed by atoms with Crippen LogP contribution in [0.5, 0.6) is 5.75 Å². The number of aliphatic hydroxyl groups excluding tert-OH is 1. The van der Waals surface area contributed by atoms with Gasteiger partial charge in [0.05, 0.1) is 6.42 Å². The number of benzene rings is 3. The second kappa shape index (κ2) is 23.4. The van der Waals surface area contributed by atoms with Crippen LogP contribution in [0.4, 0.5) is 0 Å². The lowest BCUT2D eigenvalue weighted by molar-refractivity contribution is -0.165. The first-order valence-corrected chi connectivity index (χ1v) is 22.3. The van der Waals surface area contributed by atoms with Crippen molar-refractivity contribution >= 4 is 53.3 Å². The first-order valence-electron chi connectivity index (χ1n) is 22.3. The number of aliphatic carboxylic acids is 1. The summed E-state index contributed by atoms with van der Waals surface area (Å²) in [6.07, 6.45) is -4.68. The molecule has 364 valence electrons. The summed E-state index contributed by atoms with van der Waals surface area (Å²) < 4.78 is 5.80. The summed E-state index contributed by atoms with van der Waals surface area (Å²) >= 11 is 0. The van der Waals surface area contributed by atoms with Gasteiger partial charge in [0.1, 0.15) is 60.4 Å². The number of aliphatic hydroxyl groups is 1. The zero-order valence-electron chi connectivity index (χ0n) is 38.4. The number of nitrogens with zero attached hydrogens (tertiary/aromatic N) is 2. The number of likely N-dealkylation sites (N-methyl/N-ethyl adjacent to an activating group) is 1. The van der Waals surface area contributed by atoms with Gasteiger partial charge in [0.25, 0.3) is 0 Å². The summed E-state index contributed by atoms with van der Waals surface area (Å²) in [6, 6.07) is 12.4. The first kappa shape index (κ1) is 51.6. The minimum Gasteiger partial charge on any atom is -0.508 e. The normalized spacial score (nSPS) is 24.8. The number of carbonyl (C=O) groups excluding carboxylic acids is 8. The second-order valence-electron chi connectivity index (χ2n) is 17.4. The largest absolute Gasteiger partial charge is 0.508 e. The van der Waals surface area contributed by atoms with E-state index in [1.165, 1.54) is 38.2 Å². The molecule has 20 nitrogen and oxygen atoms in total. The first-order chi connectivity index (χ1) is 32.2. The highest BCUT2D eigenvalue weighted by atomic mass is 16.5. The summed E-state index contributed by atoms with van der Waals surface area (Å²) in [4.78, 5) is 127. The van der Waals surface area contributed by atoms with Crippen molar-refractivity contribution in [3.8, 4) is 5.75 Å². The van der Waals surface area contributed by atoms with Crippen LogP contribution in [-0.2, 0) is 67.2 Å². The maximum atomic E-state index is 15.0. The number of hydrogen-bond donors (Lipinski definition) is 8. The fraction of sp³-hybridized carbons (Fsp3) is 0.438. The van der Waals surface area contributed by atoms with Gasteiger partial charge < -0.3 is 56.4 Å². The highest BCUT2D eigenvalue weighted by Crippen LogP contribution is 2.25. The van der Waals surface area contributed by atoms with E-state index in [0.717, 1.165) is 16.7 Å². The molecule has 2 saturated heterocycles. The summed E-state index contributed by atoms with van der Waals surface area (Å²) in [5, 5.41) is 43.6. The minimum atomic E-state index is -1.88. The zero-order valence-corrected chi connectivity index (χ0v) is 38.4. The number of nitrogens with one attached hydrogen (secondary N) is 5. The van der Waals surface area contributed by atoms with Gasteiger partial charge in [0.2, 0.25) is 41.4 Å². The van der Waals surface area contributed by atoms with Crippen LogP contribution in [0.25, 0.3) is 0 Å². The number of amides is 7. The van der Waals surface area contributed by atoms with E-state index < -0.39 is 120 Å². The Kier molecular flexibility index (Phi) is 17.8. The third-order valence-electron chi connectivity index (χ3n) is 11.8. The Morgan fingerprint density at radius 3 is 1.88 bits per heavy atom. The Balaban J connectivity index is 1.65. The average Bonchev–Trinajstić information content (AvgIpc) is 3.29. The molecule has 2 bridgehead atoms. The number of piperidine rings is 1. The van der Waals surface area contributed by atoms with Crippen LogP contribution in [0.15, 0.2) is 84.9 Å². The number of carbonyl (C=O) groups is 9. The lowest BCUT2D eigenvalue weighted by Gasteiger charge is -2.43. The number of fused-ring (bicyclic) bond motifs is 2. The van der Waals surface area contributed by atoms with E-state index in [0.29, 0.717) is 16.7 Å². The number of phenolic OH excluding ortho intramolecular Hbond substituents is 1. The maximum absolute atomic E-state index is 15.0. The summed E-state index contributed by atoms with van der Waals surface area (Å²) in [5.41, 5.74) is 1.65. The van der Waals surface area contributed by atoms with E-state index in [1.54, 1.807) is 74.5 Å². The van der Waals surface area contributed by atoms with Gasteiger partial charge in [-0.3, -0.25) is 38.4 Å². The summed E-state index contributed by atoms with van der Waals surface area (Å²) in [6.45, 7) is 5.49. The molecule has 68 heavy (non-hydrogen) atoms. The maximum Gasteiger partial charge on any atom is 0.329 e. The monoisotopic (exact) mass is 941 g/mol. The van der Waals surface area contributed by atoms with Crippen molar-refractivity contribution in [1.82, 2.24) is 36.4 Å². The molecule has 20 heteroatoms. The predicted molar refractivity (Wildman–Crippen MR) is 243 cm³/mol. The number of phenols is 1. The molecule has 3 aromatic carbocycles. The van der Waals surface area contributed by atoms with Gasteiger partial charge in [0.15, 0.2) is 0 Å². The Bertz CT molecular complexity index is 2300. The second-order valence-corrected chi connectivity index (χ2v) is 17.4. The fourth-order valence-corrected chi connectivity index (χ4v) is 8.14. The van der Waals surface area contributed by atoms with E-state index >= 15 is 4.79 Å². The number of carboxylic acid groups (broad SMARTS) is 1. The minimum absolute atomic E-state index is 0.0685. The molecule has 9 unspecified atom stereocenters. The number of aromatic hydroxyl groups is 1. The van der Waals surface area contributed by atoms with E-state index in [1.807, 2.05) is 0 Å². The van der Waals surface area contributed by atoms with Crippen molar-refractivity contribution in [3.63, 3.8) is 0 Å². The Morgan fingerprint density at radius 1 is 0.750 bits per heavy atom. The van der Waals surface area contributed by atoms with Crippen molar-refractivity contribution in [2.75, 3.05) is 7.05 Å². The van der Waals surface area contributed by atoms with Crippen LogP contribution < -0.4 is 26.6 Å². The zero-order chi connectivity index (χ0) is 49.8. The van der Waals surface area contributed by atoms with Gasteiger partial charge in [-0.1, -0.05) is 86.6 Å². The van der Waals surface area contributed by atoms with Crippen LogP contribution in [0, 0.1) is 5.92 Å². The van der Waals surface area contributed by atoms with Crippen molar-refractivity contribution < 1.29 is 63.2 Å². The molecular formula is C48H59N7O13. The number of hydrogen-bond acceptors (Lipinski definition) is 12. The molecule has 2 heterocycles. The third kappa shape index (κ3) is 13.6. The van der Waals surface area contributed by atoms with E-state index in [2.05, 4.69) is 26.6 Å². The summed E-state index contributed by atoms with van der Waals surface area (Å²) in [5.74, 6) is -9.69. The molecule has 2 aliphatic rings. The molecule has 5 rings (SSSR count). The predicted octanol–water partition coefficient (Wildman–Crippen LogP) is 0.0764. The number of esters is 1. The molecule has 9 atom stereocenters. The van der Waals surface area contributed by atoms with Crippen LogP contribution in [0.1, 0.15) is 63.6 Å². The molecule has 7 amide bonds. The van der Waals surface area contributed by atoms with Crippen LogP contribution in [0.2, 0.25) is 0 Å². The lowest BCUT2D eigenvalue weighted by atomic mass is 9.95. The van der Waals surface area contributed by atoms with Crippen molar-refractivity contribution in [1.29, 1.82) is 0 Å². The Morgan fingerprint density at radius 2 is 1.32 bits per heavy atom. The van der Waals surface area contributed by atoms with Gasteiger partial charge in [0, 0.05) is 33.2 Å².